The molecule has 1 heterocycles. The predicted octanol–water partition coefficient (Wildman–Crippen LogP) is 3.22. The fourth-order valence-electron chi connectivity index (χ4n) is 2.43. The molecule has 0 saturated heterocycles. The van der Waals surface area contributed by atoms with Crippen LogP contribution in [0.25, 0.3) is 11.4 Å². The first-order chi connectivity index (χ1) is 10.7. The molecule has 2 aromatic carbocycles. The Morgan fingerprint density at radius 1 is 0.955 bits per heavy atom. The van der Waals surface area contributed by atoms with Gasteiger partial charge in [0.1, 0.15) is 11.6 Å². The molecule has 0 aliphatic carbocycles. The molecule has 0 atom stereocenters. The molecule has 110 valence electrons. The number of phenols is 1. The van der Waals surface area contributed by atoms with Crippen molar-refractivity contribution in [1.29, 1.82) is 0 Å². The number of nitrogen functional groups attached to an aromatic ring is 1. The van der Waals surface area contributed by atoms with Crippen LogP contribution in [-0.4, -0.2) is 15.1 Å². The van der Waals surface area contributed by atoms with E-state index in [-0.39, 0.29) is 5.75 Å². The molecule has 0 bridgehead atoms. The summed E-state index contributed by atoms with van der Waals surface area (Å²) in [6.45, 7) is 0. The predicted molar refractivity (Wildman–Crippen MR) is 87.4 cm³/mol. The van der Waals surface area contributed by atoms with Gasteiger partial charge in [-0.1, -0.05) is 30.3 Å². The van der Waals surface area contributed by atoms with Crippen LogP contribution in [0.2, 0.25) is 0 Å². The number of hydrogen-bond donors (Lipinski definition) is 2. The van der Waals surface area contributed by atoms with E-state index in [9.17, 15) is 5.11 Å². The van der Waals surface area contributed by atoms with Crippen molar-refractivity contribution in [3.8, 4) is 17.1 Å². The number of aromatic hydroxyl groups is 1. The van der Waals surface area contributed by atoms with E-state index < -0.39 is 0 Å². The summed E-state index contributed by atoms with van der Waals surface area (Å²) in [6.07, 6.45) is 3.33. The second-order valence-electron chi connectivity index (χ2n) is 5.13. The normalized spacial score (nSPS) is 10.5. The first kappa shape index (κ1) is 14.1. The number of nitrogens with two attached hydrogens (primary N) is 1. The number of rotatable bonds is 4. The summed E-state index contributed by atoms with van der Waals surface area (Å²) < 4.78 is 0. The minimum absolute atomic E-state index is 0.246. The molecule has 3 rings (SSSR count). The van der Waals surface area contributed by atoms with Crippen LogP contribution in [0.1, 0.15) is 11.1 Å². The van der Waals surface area contributed by atoms with Gasteiger partial charge in [-0.05, 0) is 48.2 Å². The van der Waals surface area contributed by atoms with E-state index in [0.29, 0.717) is 11.6 Å². The van der Waals surface area contributed by atoms with Crippen LogP contribution in [0.15, 0.2) is 60.8 Å². The highest BCUT2D eigenvalue weighted by molar-refractivity contribution is 5.62. The van der Waals surface area contributed by atoms with Gasteiger partial charge in [0.15, 0.2) is 5.82 Å². The van der Waals surface area contributed by atoms with Gasteiger partial charge in [0, 0.05) is 11.8 Å². The molecule has 22 heavy (non-hydrogen) atoms. The fraction of sp³-hybridized carbons (Fsp3) is 0.111. The summed E-state index contributed by atoms with van der Waals surface area (Å²) in [5.41, 5.74) is 8.91. The van der Waals surface area contributed by atoms with Crippen LogP contribution in [-0.2, 0) is 12.8 Å². The Kier molecular flexibility index (Phi) is 4.01. The Balaban J connectivity index is 1.91. The number of aromatic nitrogens is 2. The van der Waals surface area contributed by atoms with E-state index in [0.717, 1.165) is 24.0 Å². The first-order valence-electron chi connectivity index (χ1n) is 7.17. The highest BCUT2D eigenvalue weighted by atomic mass is 16.3. The second-order valence-corrected chi connectivity index (χ2v) is 5.13. The molecule has 0 aliphatic heterocycles. The van der Waals surface area contributed by atoms with E-state index >= 15 is 0 Å². The molecule has 4 heteroatoms. The van der Waals surface area contributed by atoms with Crippen LogP contribution < -0.4 is 5.73 Å². The lowest BCUT2D eigenvalue weighted by Gasteiger charge is -2.10. The van der Waals surface area contributed by atoms with Gasteiger partial charge in [0.25, 0.3) is 0 Å². The number of anilines is 1. The quantitative estimate of drug-likeness (QED) is 0.774. The standard InChI is InChI=1S/C18H17N3O/c19-17-10-11-20-18(21-17)16-9-8-15(22)12-14(16)7-6-13-4-2-1-3-5-13/h1-5,8-12,22H,6-7H2,(H2,19,20,21). The maximum Gasteiger partial charge on any atom is 0.161 e. The maximum atomic E-state index is 9.77. The Hall–Kier alpha value is -2.88. The van der Waals surface area contributed by atoms with Crippen LogP contribution in [0.3, 0.4) is 0 Å². The fourth-order valence-corrected chi connectivity index (χ4v) is 2.43. The molecule has 0 unspecified atom stereocenters. The van der Waals surface area contributed by atoms with E-state index in [1.165, 1.54) is 5.56 Å². The summed E-state index contributed by atoms with van der Waals surface area (Å²) in [4.78, 5) is 8.56. The molecule has 0 saturated carbocycles. The molecule has 1 aromatic heterocycles. The molecule has 0 radical (unpaired) electrons. The van der Waals surface area contributed by atoms with Crippen molar-refractivity contribution in [2.45, 2.75) is 12.8 Å². The Labute approximate surface area is 129 Å². The molecule has 0 fully saturated rings. The minimum Gasteiger partial charge on any atom is -0.508 e. The zero-order valence-corrected chi connectivity index (χ0v) is 12.1. The second kappa shape index (κ2) is 6.26. The molecule has 4 nitrogen and oxygen atoms in total. The highest BCUT2D eigenvalue weighted by Gasteiger charge is 2.09. The van der Waals surface area contributed by atoms with Gasteiger partial charge in [-0.3, -0.25) is 0 Å². The number of hydrogen-bond acceptors (Lipinski definition) is 4. The maximum absolute atomic E-state index is 9.77. The van der Waals surface area contributed by atoms with Gasteiger partial charge in [-0.15, -0.1) is 0 Å². The van der Waals surface area contributed by atoms with Crippen molar-refractivity contribution in [1.82, 2.24) is 9.97 Å². The van der Waals surface area contributed by atoms with Gasteiger partial charge in [0.2, 0.25) is 0 Å². The molecule has 0 amide bonds. The number of benzene rings is 2. The largest absolute Gasteiger partial charge is 0.508 e. The van der Waals surface area contributed by atoms with Gasteiger partial charge in [-0.25, -0.2) is 9.97 Å². The third kappa shape index (κ3) is 3.23. The molecule has 3 aromatic rings. The van der Waals surface area contributed by atoms with E-state index in [1.807, 2.05) is 24.3 Å². The number of phenolic OH excluding ortho intramolecular Hbond substituents is 1. The van der Waals surface area contributed by atoms with Crippen molar-refractivity contribution in [2.24, 2.45) is 0 Å². The average molecular weight is 291 g/mol. The summed E-state index contributed by atoms with van der Waals surface area (Å²) in [7, 11) is 0. The SMILES string of the molecule is Nc1ccnc(-c2ccc(O)cc2CCc2ccccc2)n1. The van der Waals surface area contributed by atoms with Gasteiger partial charge < -0.3 is 10.8 Å². The Bertz CT molecular complexity index is 772. The van der Waals surface area contributed by atoms with Crippen LogP contribution in [0.4, 0.5) is 5.82 Å². The highest BCUT2D eigenvalue weighted by Crippen LogP contribution is 2.26. The van der Waals surface area contributed by atoms with E-state index in [2.05, 4.69) is 22.1 Å². The molecular formula is C18H17N3O. The van der Waals surface area contributed by atoms with Crippen molar-refractivity contribution in [3.63, 3.8) is 0 Å². The van der Waals surface area contributed by atoms with E-state index in [1.54, 1.807) is 24.4 Å². The summed E-state index contributed by atoms with van der Waals surface area (Å²) in [5.74, 6) is 1.27. The molecule has 3 N–H and O–H groups in total. The van der Waals surface area contributed by atoms with Gasteiger partial charge >= 0.3 is 0 Å². The lowest BCUT2D eigenvalue weighted by atomic mass is 9.99. The van der Waals surface area contributed by atoms with Crippen LogP contribution in [0.5, 0.6) is 5.75 Å². The van der Waals surface area contributed by atoms with Crippen molar-refractivity contribution in [3.05, 3.63) is 71.9 Å². The summed E-state index contributed by atoms with van der Waals surface area (Å²) in [6, 6.07) is 17.2. The Morgan fingerprint density at radius 3 is 2.55 bits per heavy atom. The third-order valence-electron chi connectivity index (χ3n) is 3.53. The van der Waals surface area contributed by atoms with Gasteiger partial charge in [-0.2, -0.15) is 0 Å². The summed E-state index contributed by atoms with van der Waals surface area (Å²) >= 11 is 0. The molecule has 0 aliphatic rings. The zero-order valence-electron chi connectivity index (χ0n) is 12.1. The average Bonchev–Trinajstić information content (AvgIpc) is 2.54. The van der Waals surface area contributed by atoms with Crippen molar-refractivity contribution >= 4 is 5.82 Å². The molecular weight excluding hydrogens is 274 g/mol. The van der Waals surface area contributed by atoms with Crippen LogP contribution >= 0.6 is 0 Å². The monoisotopic (exact) mass is 291 g/mol. The number of aryl methyl sites for hydroxylation is 2. The first-order valence-corrected chi connectivity index (χ1v) is 7.17. The smallest absolute Gasteiger partial charge is 0.161 e. The minimum atomic E-state index is 0.246. The van der Waals surface area contributed by atoms with Gasteiger partial charge in [0.05, 0.1) is 0 Å². The summed E-state index contributed by atoms with van der Waals surface area (Å²) in [5, 5.41) is 9.77. The lowest BCUT2D eigenvalue weighted by molar-refractivity contribution is 0.474. The Morgan fingerprint density at radius 2 is 1.77 bits per heavy atom. The van der Waals surface area contributed by atoms with Crippen molar-refractivity contribution in [2.75, 3.05) is 5.73 Å². The van der Waals surface area contributed by atoms with Crippen LogP contribution in [0, 0.1) is 0 Å². The van der Waals surface area contributed by atoms with Crippen molar-refractivity contribution < 1.29 is 5.11 Å². The third-order valence-corrected chi connectivity index (χ3v) is 3.53. The van der Waals surface area contributed by atoms with E-state index in [4.69, 9.17) is 5.73 Å². The number of nitrogens with zero attached hydrogens (tertiary/aromatic N) is 2. The zero-order chi connectivity index (χ0) is 15.4. The lowest BCUT2D eigenvalue weighted by Crippen LogP contribution is -1.99. The topological polar surface area (TPSA) is 72.0 Å². The molecule has 0 spiro atoms.